The first-order valence-electron chi connectivity index (χ1n) is 12.7. The van der Waals surface area contributed by atoms with E-state index in [4.69, 9.17) is 5.11 Å². The van der Waals surface area contributed by atoms with Crippen LogP contribution in [0.1, 0.15) is 59.5 Å². The Bertz CT molecular complexity index is 1460. The monoisotopic (exact) mass is 496 g/mol. The van der Waals surface area contributed by atoms with Gasteiger partial charge in [0.25, 0.3) is 5.91 Å². The zero-order chi connectivity index (χ0) is 25.9. The number of halogens is 1. The number of carbonyl (C=O) groups is 2. The van der Waals surface area contributed by atoms with E-state index < -0.39 is 5.97 Å². The number of carboxylic acids is 1. The molecule has 0 radical (unpaired) electrons. The highest BCUT2D eigenvalue weighted by Gasteiger charge is 2.24. The molecular weight excluding hydrogens is 467 g/mol. The van der Waals surface area contributed by atoms with Crippen molar-refractivity contribution >= 4 is 28.5 Å². The third-order valence-corrected chi connectivity index (χ3v) is 7.45. The average molecular weight is 497 g/mol. The molecule has 1 fully saturated rings. The van der Waals surface area contributed by atoms with Crippen molar-refractivity contribution in [1.29, 1.82) is 0 Å². The Morgan fingerprint density at radius 2 is 1.68 bits per heavy atom. The number of amides is 1. The number of carbonyl (C=O) groups excluding carboxylic acids is 1. The minimum absolute atomic E-state index is 0.266. The van der Waals surface area contributed by atoms with Gasteiger partial charge in [-0.1, -0.05) is 36.4 Å². The van der Waals surface area contributed by atoms with E-state index in [9.17, 15) is 14.0 Å². The molecule has 1 aromatic heterocycles. The third-order valence-electron chi connectivity index (χ3n) is 7.45. The van der Waals surface area contributed by atoms with Crippen LogP contribution in [0.15, 0.2) is 72.9 Å². The summed E-state index contributed by atoms with van der Waals surface area (Å²) < 4.78 is 13.4. The molecule has 2 N–H and O–H groups in total. The molecule has 0 unspecified atom stereocenters. The van der Waals surface area contributed by atoms with Gasteiger partial charge in [-0.2, -0.15) is 0 Å². The zero-order valence-corrected chi connectivity index (χ0v) is 20.7. The Balaban J connectivity index is 1.32. The van der Waals surface area contributed by atoms with Gasteiger partial charge in [-0.15, -0.1) is 0 Å². The summed E-state index contributed by atoms with van der Waals surface area (Å²) in [5.74, 6) is -0.535. The van der Waals surface area contributed by atoms with Crippen LogP contribution in [0, 0.1) is 18.7 Å². The first-order valence-corrected chi connectivity index (χ1v) is 12.7. The second-order valence-electron chi connectivity index (χ2n) is 9.94. The van der Waals surface area contributed by atoms with Gasteiger partial charge < -0.3 is 10.4 Å². The van der Waals surface area contributed by atoms with Gasteiger partial charge in [-0.3, -0.25) is 14.6 Å². The maximum atomic E-state index is 13.4. The van der Waals surface area contributed by atoms with Crippen molar-refractivity contribution < 1.29 is 19.1 Å². The van der Waals surface area contributed by atoms with E-state index in [2.05, 4.69) is 34.6 Å². The van der Waals surface area contributed by atoms with Gasteiger partial charge in [0.05, 0.1) is 11.1 Å². The number of aliphatic carboxylic acids is 1. The van der Waals surface area contributed by atoms with Crippen LogP contribution in [0.5, 0.6) is 0 Å². The summed E-state index contributed by atoms with van der Waals surface area (Å²) in [4.78, 5) is 28.5. The number of rotatable bonds is 6. The Hall–Kier alpha value is -4.06. The van der Waals surface area contributed by atoms with Gasteiger partial charge in [-0.25, -0.2) is 4.39 Å². The molecule has 0 saturated heterocycles. The molecule has 5 rings (SSSR count). The lowest BCUT2D eigenvalue weighted by Gasteiger charge is -2.28. The van der Waals surface area contributed by atoms with Crippen molar-refractivity contribution in [2.45, 2.75) is 44.9 Å². The van der Waals surface area contributed by atoms with Crippen molar-refractivity contribution in [3.05, 3.63) is 95.4 Å². The van der Waals surface area contributed by atoms with E-state index in [1.54, 1.807) is 25.3 Å². The van der Waals surface area contributed by atoms with Crippen LogP contribution in [0.25, 0.3) is 22.0 Å². The van der Waals surface area contributed by atoms with Gasteiger partial charge in [0.15, 0.2) is 0 Å². The van der Waals surface area contributed by atoms with E-state index in [1.165, 1.54) is 17.7 Å². The molecular formula is C31H29FN2O3. The van der Waals surface area contributed by atoms with Crippen LogP contribution in [0.2, 0.25) is 0 Å². The number of aromatic nitrogens is 1. The number of carboxylic acid groups (broad SMARTS) is 1. The van der Waals surface area contributed by atoms with E-state index in [0.29, 0.717) is 28.7 Å². The minimum atomic E-state index is -0.701. The Kier molecular flexibility index (Phi) is 6.99. The first-order chi connectivity index (χ1) is 17.9. The Morgan fingerprint density at radius 3 is 2.38 bits per heavy atom. The fourth-order valence-electron chi connectivity index (χ4n) is 5.38. The number of fused-ring (bicyclic) bond motifs is 1. The van der Waals surface area contributed by atoms with Crippen molar-refractivity contribution in [2.24, 2.45) is 5.92 Å². The summed E-state index contributed by atoms with van der Waals surface area (Å²) in [6.45, 7) is 1.76. The van der Waals surface area contributed by atoms with Gasteiger partial charge in [0.2, 0.25) is 0 Å². The maximum Gasteiger partial charge on any atom is 0.303 e. The molecule has 6 heteroatoms. The van der Waals surface area contributed by atoms with Gasteiger partial charge in [-0.05, 0) is 97.0 Å². The number of nitrogens with zero attached hydrogens (tertiary/aromatic N) is 1. The largest absolute Gasteiger partial charge is 0.481 e. The first kappa shape index (κ1) is 24.6. The molecule has 3 aromatic carbocycles. The van der Waals surface area contributed by atoms with Crippen LogP contribution in [0.4, 0.5) is 10.1 Å². The lowest BCUT2D eigenvalue weighted by molar-refractivity contribution is -0.138. The number of aryl methyl sites for hydroxylation is 1. The second-order valence-corrected chi connectivity index (χ2v) is 9.94. The summed E-state index contributed by atoms with van der Waals surface area (Å²) in [6.07, 6.45) is 5.88. The highest BCUT2D eigenvalue weighted by Crippen LogP contribution is 2.38. The second kappa shape index (κ2) is 10.5. The highest BCUT2D eigenvalue weighted by atomic mass is 19.1. The summed E-state index contributed by atoms with van der Waals surface area (Å²) >= 11 is 0. The summed E-state index contributed by atoms with van der Waals surface area (Å²) in [5.41, 5.74) is 5.85. The smallest absolute Gasteiger partial charge is 0.303 e. The molecule has 4 aromatic rings. The Labute approximate surface area is 215 Å². The summed E-state index contributed by atoms with van der Waals surface area (Å²) in [7, 11) is 0. The quantitative estimate of drug-likeness (QED) is 0.292. The van der Waals surface area contributed by atoms with Crippen molar-refractivity contribution in [3.8, 4) is 11.1 Å². The number of nitrogens with one attached hydrogen (secondary N) is 1. The van der Waals surface area contributed by atoms with E-state index in [-0.39, 0.29) is 18.1 Å². The fourth-order valence-corrected chi connectivity index (χ4v) is 5.38. The van der Waals surface area contributed by atoms with E-state index in [0.717, 1.165) is 47.7 Å². The molecule has 0 atom stereocenters. The highest BCUT2D eigenvalue weighted by molar-refractivity contribution is 6.12. The molecule has 1 aliphatic carbocycles. The fraction of sp³-hybridized carbons (Fsp3) is 0.258. The maximum absolute atomic E-state index is 13.4. The summed E-state index contributed by atoms with van der Waals surface area (Å²) in [5, 5.41) is 12.7. The van der Waals surface area contributed by atoms with Crippen LogP contribution in [-0.2, 0) is 4.79 Å². The van der Waals surface area contributed by atoms with Crippen molar-refractivity contribution in [1.82, 2.24) is 4.98 Å². The number of pyridine rings is 1. The van der Waals surface area contributed by atoms with Crippen LogP contribution in [0.3, 0.4) is 0 Å². The number of hydrogen-bond acceptors (Lipinski definition) is 3. The van der Waals surface area contributed by atoms with Crippen LogP contribution < -0.4 is 5.32 Å². The van der Waals surface area contributed by atoms with Crippen LogP contribution >= 0.6 is 0 Å². The van der Waals surface area contributed by atoms with E-state index >= 15 is 0 Å². The molecule has 1 aliphatic rings. The standard InChI is InChI=1S/C31H29FN2O3/c1-19-16-25(32)11-13-28(19)34-31(37)27-14-15-33-29-18-24(10-12-26(27)29)23-8-6-22(7-9-23)21-4-2-20(3-5-21)17-30(35)36/h6-16,18,20-21H,2-5,17H2,1H3,(H,34,37)(H,35,36)/t20-,21-. The Morgan fingerprint density at radius 1 is 0.946 bits per heavy atom. The molecule has 37 heavy (non-hydrogen) atoms. The molecule has 0 spiro atoms. The molecule has 5 nitrogen and oxygen atoms in total. The predicted octanol–water partition coefficient (Wildman–Crippen LogP) is 7.35. The third kappa shape index (κ3) is 5.53. The molecule has 0 bridgehead atoms. The molecule has 1 amide bonds. The molecule has 1 heterocycles. The molecule has 0 aliphatic heterocycles. The average Bonchev–Trinajstić information content (AvgIpc) is 2.90. The molecule has 188 valence electrons. The van der Waals surface area contributed by atoms with Gasteiger partial charge in [0, 0.05) is 23.7 Å². The van der Waals surface area contributed by atoms with Crippen molar-refractivity contribution in [3.63, 3.8) is 0 Å². The van der Waals surface area contributed by atoms with Crippen LogP contribution in [-0.4, -0.2) is 22.0 Å². The molecule has 1 saturated carbocycles. The number of benzene rings is 3. The number of hydrogen-bond donors (Lipinski definition) is 2. The van der Waals surface area contributed by atoms with Crippen molar-refractivity contribution in [2.75, 3.05) is 5.32 Å². The lowest BCUT2D eigenvalue weighted by Crippen LogP contribution is -2.16. The SMILES string of the molecule is Cc1cc(F)ccc1NC(=O)c1ccnc2cc(-c3ccc([C@H]4CC[C@H](CC(=O)O)CC4)cc3)ccc12. The zero-order valence-electron chi connectivity index (χ0n) is 20.7. The van der Waals surface area contributed by atoms with E-state index in [1.807, 2.05) is 18.2 Å². The minimum Gasteiger partial charge on any atom is -0.481 e. The lowest BCUT2D eigenvalue weighted by atomic mass is 9.77. The normalized spacial score (nSPS) is 17.5. The summed E-state index contributed by atoms with van der Waals surface area (Å²) in [6, 6.07) is 20.5. The topological polar surface area (TPSA) is 79.3 Å². The number of anilines is 1. The van der Waals surface area contributed by atoms with Gasteiger partial charge in [0.1, 0.15) is 5.82 Å². The van der Waals surface area contributed by atoms with Gasteiger partial charge >= 0.3 is 5.97 Å². The predicted molar refractivity (Wildman–Crippen MR) is 143 cm³/mol.